The van der Waals surface area contributed by atoms with Crippen LogP contribution in [0.1, 0.15) is 12.5 Å². The number of fused-ring (bicyclic) bond motifs is 4. The fourth-order valence-corrected chi connectivity index (χ4v) is 7.24. The molecule has 6 heteroatoms. The lowest BCUT2D eigenvalue weighted by Gasteiger charge is -2.26. The van der Waals surface area contributed by atoms with E-state index in [0.717, 1.165) is 61.7 Å². The molecular formula is C47H36N6. The highest BCUT2D eigenvalue weighted by Gasteiger charge is 2.19. The Morgan fingerprint density at radius 2 is 1.30 bits per heavy atom. The van der Waals surface area contributed by atoms with Crippen molar-refractivity contribution >= 4 is 55.6 Å². The molecule has 3 aromatic heterocycles. The summed E-state index contributed by atoms with van der Waals surface area (Å²) >= 11 is 0. The van der Waals surface area contributed by atoms with Crippen LogP contribution in [0.2, 0.25) is 0 Å². The summed E-state index contributed by atoms with van der Waals surface area (Å²) in [6.07, 6.45) is 9.44. The molecule has 0 bridgehead atoms. The van der Waals surface area contributed by atoms with Gasteiger partial charge in [-0.1, -0.05) is 60.7 Å². The van der Waals surface area contributed by atoms with E-state index in [1.807, 2.05) is 37.4 Å². The number of anilines is 3. The third kappa shape index (κ3) is 5.82. The maximum absolute atomic E-state index is 6.32. The lowest BCUT2D eigenvalue weighted by molar-refractivity contribution is 1.13. The molecule has 6 nitrogen and oxygen atoms in total. The highest BCUT2D eigenvalue weighted by molar-refractivity contribution is 6.14. The zero-order chi connectivity index (χ0) is 35.7. The number of benzene rings is 6. The van der Waals surface area contributed by atoms with E-state index in [0.29, 0.717) is 5.84 Å². The summed E-state index contributed by atoms with van der Waals surface area (Å²) in [5.41, 5.74) is 18.2. The highest BCUT2D eigenvalue weighted by atomic mass is 15.1. The first-order chi connectivity index (χ1) is 26.2. The molecule has 0 saturated heterocycles. The van der Waals surface area contributed by atoms with Gasteiger partial charge in [0.05, 0.1) is 16.6 Å². The van der Waals surface area contributed by atoms with Crippen LogP contribution in [0.5, 0.6) is 0 Å². The monoisotopic (exact) mass is 684 g/mol. The van der Waals surface area contributed by atoms with Gasteiger partial charge in [-0.05, 0) is 121 Å². The fraction of sp³-hybridized carbons (Fsp3) is 0.0213. The zero-order valence-electron chi connectivity index (χ0n) is 29.2. The number of allylic oxidation sites excluding steroid dienone is 1. The van der Waals surface area contributed by atoms with Gasteiger partial charge in [-0.25, -0.2) is 4.99 Å². The Kier molecular flexibility index (Phi) is 8.10. The Hall–Kier alpha value is -7.18. The molecule has 9 aromatic rings. The largest absolute Gasteiger partial charge is 0.383 e. The van der Waals surface area contributed by atoms with Gasteiger partial charge in [0.1, 0.15) is 5.84 Å². The molecule has 3 heterocycles. The summed E-state index contributed by atoms with van der Waals surface area (Å²) in [5, 5.41) is 3.54. The molecular weight excluding hydrogens is 649 g/mol. The van der Waals surface area contributed by atoms with Gasteiger partial charge in [-0.3, -0.25) is 4.98 Å². The molecule has 6 aromatic carbocycles. The Labute approximate surface area is 308 Å². The molecule has 0 saturated carbocycles. The van der Waals surface area contributed by atoms with Gasteiger partial charge in [0.2, 0.25) is 0 Å². The average Bonchev–Trinajstić information content (AvgIpc) is 3.79. The summed E-state index contributed by atoms with van der Waals surface area (Å²) in [7, 11) is 0. The molecule has 0 aliphatic rings. The maximum atomic E-state index is 6.32. The lowest BCUT2D eigenvalue weighted by Crippen LogP contribution is -2.14. The van der Waals surface area contributed by atoms with E-state index in [-0.39, 0.29) is 0 Å². The Morgan fingerprint density at radius 3 is 2.00 bits per heavy atom. The molecule has 2 N–H and O–H groups in total. The Balaban J connectivity index is 1.25. The maximum Gasteiger partial charge on any atom is 0.130 e. The van der Waals surface area contributed by atoms with Crippen molar-refractivity contribution in [2.75, 3.05) is 4.90 Å². The Bertz CT molecular complexity index is 2760. The second kappa shape index (κ2) is 13.5. The predicted octanol–water partition coefficient (Wildman–Crippen LogP) is 11.5. The molecule has 254 valence electrons. The molecule has 0 aliphatic heterocycles. The number of nitrogens with two attached hydrogens (primary N) is 1. The molecule has 9 rings (SSSR count). The smallest absolute Gasteiger partial charge is 0.130 e. The van der Waals surface area contributed by atoms with Gasteiger partial charge in [0, 0.05) is 74.9 Å². The number of hydrogen-bond donors (Lipinski definition) is 1. The molecule has 0 fully saturated rings. The second-order valence-corrected chi connectivity index (χ2v) is 13.0. The minimum atomic E-state index is 0.476. The number of rotatable bonds is 8. The van der Waals surface area contributed by atoms with Crippen LogP contribution < -0.4 is 10.6 Å². The summed E-state index contributed by atoms with van der Waals surface area (Å²) in [5.74, 6) is 0.476. The van der Waals surface area contributed by atoms with Gasteiger partial charge in [0.15, 0.2) is 0 Å². The van der Waals surface area contributed by atoms with E-state index < -0.39 is 0 Å². The quantitative estimate of drug-likeness (QED) is 0.128. The van der Waals surface area contributed by atoms with Gasteiger partial charge < -0.3 is 19.8 Å². The SMILES string of the molecule is C/C=C\N=C(N)c1ccc(N(c2ccc(-c3cccnc3)cc2)c2ccc3c(c2)c2cc4c(ccn4-c4ccccc4)cc2n3-c2ccccc2)cc1. The topological polar surface area (TPSA) is 64.4 Å². The van der Waals surface area contributed by atoms with Crippen molar-refractivity contribution < 1.29 is 0 Å². The van der Waals surface area contributed by atoms with Crippen molar-refractivity contribution in [2.45, 2.75) is 6.92 Å². The first-order valence-electron chi connectivity index (χ1n) is 17.7. The number of pyridine rings is 1. The van der Waals surface area contributed by atoms with Crippen molar-refractivity contribution in [3.8, 4) is 22.5 Å². The first-order valence-corrected chi connectivity index (χ1v) is 17.7. The summed E-state index contributed by atoms with van der Waals surface area (Å²) in [4.78, 5) is 11.0. The molecule has 0 amide bonds. The van der Waals surface area contributed by atoms with Crippen molar-refractivity contribution in [2.24, 2.45) is 10.7 Å². The van der Waals surface area contributed by atoms with Gasteiger partial charge in [-0.15, -0.1) is 0 Å². The van der Waals surface area contributed by atoms with Crippen LogP contribution in [0.25, 0.3) is 55.2 Å². The second-order valence-electron chi connectivity index (χ2n) is 13.0. The molecule has 0 radical (unpaired) electrons. The van der Waals surface area contributed by atoms with Crippen molar-refractivity contribution in [1.29, 1.82) is 0 Å². The lowest BCUT2D eigenvalue weighted by atomic mass is 10.1. The number of hydrogen-bond acceptors (Lipinski definition) is 3. The van der Waals surface area contributed by atoms with Crippen LogP contribution in [0, 0.1) is 0 Å². The van der Waals surface area contributed by atoms with E-state index in [9.17, 15) is 0 Å². The molecule has 0 atom stereocenters. The van der Waals surface area contributed by atoms with Crippen LogP contribution in [0.4, 0.5) is 17.1 Å². The summed E-state index contributed by atoms with van der Waals surface area (Å²) in [6.45, 7) is 1.93. The van der Waals surface area contributed by atoms with Gasteiger partial charge in [0.25, 0.3) is 0 Å². The van der Waals surface area contributed by atoms with Gasteiger partial charge >= 0.3 is 0 Å². The third-order valence-electron chi connectivity index (χ3n) is 9.77. The van der Waals surface area contributed by atoms with E-state index in [1.165, 1.54) is 16.2 Å². The van der Waals surface area contributed by atoms with Crippen LogP contribution in [-0.4, -0.2) is 20.0 Å². The van der Waals surface area contributed by atoms with Crippen LogP contribution in [0.3, 0.4) is 0 Å². The minimum Gasteiger partial charge on any atom is -0.383 e. The first kappa shape index (κ1) is 31.8. The highest BCUT2D eigenvalue weighted by Crippen LogP contribution is 2.41. The van der Waals surface area contributed by atoms with Crippen molar-refractivity contribution in [3.63, 3.8) is 0 Å². The van der Waals surface area contributed by atoms with E-state index >= 15 is 0 Å². The number of para-hydroxylation sites is 2. The van der Waals surface area contributed by atoms with Crippen LogP contribution in [0.15, 0.2) is 194 Å². The summed E-state index contributed by atoms with van der Waals surface area (Å²) in [6, 6.07) is 55.8. The molecule has 0 spiro atoms. The van der Waals surface area contributed by atoms with Crippen LogP contribution >= 0.6 is 0 Å². The zero-order valence-corrected chi connectivity index (χ0v) is 29.2. The minimum absolute atomic E-state index is 0.476. The normalized spacial score (nSPS) is 12.0. The number of amidine groups is 1. The molecule has 0 unspecified atom stereocenters. The van der Waals surface area contributed by atoms with Crippen molar-refractivity contribution in [3.05, 3.63) is 194 Å². The predicted molar refractivity (Wildman–Crippen MR) is 221 cm³/mol. The fourth-order valence-electron chi connectivity index (χ4n) is 7.24. The molecule has 53 heavy (non-hydrogen) atoms. The van der Waals surface area contributed by atoms with Crippen molar-refractivity contribution in [1.82, 2.24) is 14.1 Å². The van der Waals surface area contributed by atoms with E-state index in [4.69, 9.17) is 5.73 Å². The number of aromatic nitrogens is 3. The molecule has 0 aliphatic carbocycles. The van der Waals surface area contributed by atoms with Gasteiger partial charge in [-0.2, -0.15) is 0 Å². The third-order valence-corrected chi connectivity index (χ3v) is 9.77. The number of aliphatic imine (C=N–C) groups is 1. The van der Waals surface area contributed by atoms with E-state index in [2.05, 4.69) is 170 Å². The standard InChI is InChI=1S/C47H36N6/c1-2-26-50-47(48)34-17-21-40(22-18-34)52(39-19-15-33(16-20-39)36-10-9-27-49-32-36)41-23-24-44-42(30-41)43-31-45-35(25-28-51(45)37-11-5-3-6-12-37)29-46(43)53(44)38-13-7-4-8-14-38/h2-32H,1H3,(H2,48,50)/b26-2-. The average molecular weight is 685 g/mol. The Morgan fingerprint density at radius 1 is 0.623 bits per heavy atom. The van der Waals surface area contributed by atoms with Crippen LogP contribution in [-0.2, 0) is 0 Å². The summed E-state index contributed by atoms with van der Waals surface area (Å²) < 4.78 is 4.65. The van der Waals surface area contributed by atoms with E-state index in [1.54, 1.807) is 12.4 Å². The number of nitrogens with zero attached hydrogens (tertiary/aromatic N) is 5.